The summed E-state index contributed by atoms with van der Waals surface area (Å²) < 4.78 is 35.4. The Morgan fingerprint density at radius 1 is 1.19 bits per heavy atom. The van der Waals surface area contributed by atoms with Crippen LogP contribution in [-0.2, 0) is 22.0 Å². The third kappa shape index (κ3) is 3.67. The zero-order valence-corrected chi connectivity index (χ0v) is 13.4. The number of nitrogens with one attached hydrogen (secondary N) is 1. The minimum Gasteiger partial charge on any atom is -0.361 e. The van der Waals surface area contributed by atoms with E-state index < -0.39 is 15.6 Å². The van der Waals surface area contributed by atoms with Crippen molar-refractivity contribution in [3.05, 3.63) is 28.7 Å². The molecule has 2 aromatic rings. The molecule has 0 radical (unpaired) electrons. The molecule has 0 saturated heterocycles. The van der Waals surface area contributed by atoms with Crippen molar-refractivity contribution < 1.29 is 17.5 Å². The second-order valence-electron chi connectivity index (χ2n) is 5.49. The second-order valence-corrected chi connectivity index (χ2v) is 7.24. The van der Waals surface area contributed by atoms with E-state index >= 15 is 0 Å². The lowest BCUT2D eigenvalue weighted by atomic mass is 10.1. The molecular formula is C12H18N4O4S. The highest BCUT2D eigenvalue weighted by atomic mass is 32.2. The number of hydrogen-bond donors (Lipinski definition) is 1. The average molecular weight is 314 g/mol. The van der Waals surface area contributed by atoms with E-state index in [0.717, 1.165) is 17.5 Å². The minimum absolute atomic E-state index is 0.273. The van der Waals surface area contributed by atoms with Gasteiger partial charge in [0.15, 0.2) is 5.82 Å². The van der Waals surface area contributed by atoms with Crippen molar-refractivity contribution in [3.8, 4) is 0 Å². The Morgan fingerprint density at radius 2 is 1.86 bits per heavy atom. The van der Waals surface area contributed by atoms with E-state index in [1.807, 2.05) is 13.8 Å². The van der Waals surface area contributed by atoms with Crippen LogP contribution in [-0.4, -0.2) is 30.0 Å². The zero-order valence-electron chi connectivity index (χ0n) is 12.6. The molecule has 0 amide bonds. The maximum atomic E-state index is 11.4. The van der Waals surface area contributed by atoms with Crippen LogP contribution in [0.4, 0.5) is 0 Å². The van der Waals surface area contributed by atoms with E-state index in [1.54, 1.807) is 13.8 Å². The van der Waals surface area contributed by atoms with Gasteiger partial charge in [0.25, 0.3) is 0 Å². The highest BCUT2D eigenvalue weighted by Gasteiger charge is 2.30. The van der Waals surface area contributed by atoms with Crippen LogP contribution in [0.5, 0.6) is 0 Å². The SMILES string of the molecule is Cc1noc(C)c1Cc1nc(C(C)(C)NS(C)(=O)=O)no1. The summed E-state index contributed by atoms with van der Waals surface area (Å²) in [5, 5.41) is 7.71. The summed E-state index contributed by atoms with van der Waals surface area (Å²) in [7, 11) is -3.38. The molecule has 0 saturated carbocycles. The molecule has 116 valence electrons. The van der Waals surface area contributed by atoms with E-state index in [4.69, 9.17) is 9.05 Å². The maximum absolute atomic E-state index is 11.4. The molecule has 0 fully saturated rings. The molecule has 2 aromatic heterocycles. The van der Waals surface area contributed by atoms with Gasteiger partial charge in [0.2, 0.25) is 15.9 Å². The first-order valence-corrected chi connectivity index (χ1v) is 8.21. The van der Waals surface area contributed by atoms with E-state index in [-0.39, 0.29) is 5.82 Å². The summed E-state index contributed by atoms with van der Waals surface area (Å²) in [6.07, 6.45) is 1.47. The number of aromatic nitrogens is 3. The van der Waals surface area contributed by atoms with Gasteiger partial charge in [0.1, 0.15) is 5.76 Å². The summed E-state index contributed by atoms with van der Waals surface area (Å²) in [6, 6.07) is 0. The first-order chi connectivity index (χ1) is 9.58. The van der Waals surface area contributed by atoms with Crippen molar-refractivity contribution in [2.45, 2.75) is 39.7 Å². The fourth-order valence-corrected chi connectivity index (χ4v) is 3.01. The third-order valence-electron chi connectivity index (χ3n) is 2.98. The number of rotatable bonds is 5. The molecule has 0 spiro atoms. The Hall–Kier alpha value is -1.74. The van der Waals surface area contributed by atoms with Crippen molar-refractivity contribution in [1.29, 1.82) is 0 Å². The Balaban J connectivity index is 2.22. The first kappa shape index (κ1) is 15.6. The summed E-state index contributed by atoms with van der Waals surface area (Å²) in [5.41, 5.74) is 0.702. The molecule has 2 rings (SSSR count). The average Bonchev–Trinajstić information content (AvgIpc) is 2.89. The van der Waals surface area contributed by atoms with Crippen molar-refractivity contribution in [2.75, 3.05) is 6.26 Å². The van der Waals surface area contributed by atoms with Crippen LogP contribution < -0.4 is 4.72 Å². The zero-order chi connectivity index (χ0) is 15.8. The highest BCUT2D eigenvalue weighted by molar-refractivity contribution is 7.88. The molecule has 0 aliphatic rings. The Kier molecular flexibility index (Phi) is 3.89. The first-order valence-electron chi connectivity index (χ1n) is 6.32. The van der Waals surface area contributed by atoms with Crippen molar-refractivity contribution in [3.63, 3.8) is 0 Å². The van der Waals surface area contributed by atoms with Gasteiger partial charge < -0.3 is 9.05 Å². The van der Waals surface area contributed by atoms with Crippen LogP contribution >= 0.6 is 0 Å². The highest BCUT2D eigenvalue weighted by Crippen LogP contribution is 2.20. The molecule has 21 heavy (non-hydrogen) atoms. The summed E-state index contributed by atoms with van der Waals surface area (Å²) in [5.74, 6) is 1.35. The molecule has 0 aliphatic carbocycles. The minimum atomic E-state index is -3.38. The van der Waals surface area contributed by atoms with Crippen LogP contribution in [0.25, 0.3) is 0 Å². The standard InChI is InChI=1S/C12H18N4O4S/c1-7-9(8(2)19-14-7)6-10-13-11(15-20-10)12(3,4)16-21(5,17)18/h16H,6H2,1-5H3. The molecule has 0 unspecified atom stereocenters. The molecule has 8 nitrogen and oxygen atoms in total. The summed E-state index contributed by atoms with van der Waals surface area (Å²) in [4.78, 5) is 4.25. The van der Waals surface area contributed by atoms with Crippen LogP contribution in [0, 0.1) is 13.8 Å². The molecule has 2 heterocycles. The van der Waals surface area contributed by atoms with Crippen LogP contribution in [0.3, 0.4) is 0 Å². The quantitative estimate of drug-likeness (QED) is 0.878. The summed E-state index contributed by atoms with van der Waals surface area (Å²) >= 11 is 0. The molecule has 0 atom stereocenters. The maximum Gasteiger partial charge on any atom is 0.231 e. The Labute approximate surface area is 123 Å². The lowest BCUT2D eigenvalue weighted by Gasteiger charge is -2.20. The largest absolute Gasteiger partial charge is 0.361 e. The molecule has 0 aromatic carbocycles. The third-order valence-corrected chi connectivity index (χ3v) is 3.86. The molecule has 1 N–H and O–H groups in total. The lowest BCUT2D eigenvalue weighted by molar-refractivity contribution is 0.357. The van der Waals surface area contributed by atoms with Gasteiger partial charge >= 0.3 is 0 Å². The number of hydrogen-bond acceptors (Lipinski definition) is 7. The van der Waals surface area contributed by atoms with Gasteiger partial charge in [-0.05, 0) is 27.7 Å². The van der Waals surface area contributed by atoms with Crippen molar-refractivity contribution >= 4 is 10.0 Å². The molecule has 0 bridgehead atoms. The predicted molar refractivity (Wildman–Crippen MR) is 74.1 cm³/mol. The van der Waals surface area contributed by atoms with E-state index in [0.29, 0.717) is 18.1 Å². The fourth-order valence-electron chi connectivity index (χ4n) is 2.00. The van der Waals surface area contributed by atoms with Crippen LogP contribution in [0.1, 0.15) is 42.6 Å². The smallest absolute Gasteiger partial charge is 0.231 e. The van der Waals surface area contributed by atoms with Gasteiger partial charge in [0.05, 0.1) is 23.9 Å². The Morgan fingerprint density at radius 3 is 2.38 bits per heavy atom. The molecule has 9 heteroatoms. The van der Waals surface area contributed by atoms with Gasteiger partial charge in [-0.2, -0.15) is 4.98 Å². The number of sulfonamides is 1. The molecule has 0 aliphatic heterocycles. The van der Waals surface area contributed by atoms with Crippen molar-refractivity contribution in [2.24, 2.45) is 0 Å². The monoisotopic (exact) mass is 314 g/mol. The Bertz CT molecular complexity index is 726. The topological polar surface area (TPSA) is 111 Å². The summed E-state index contributed by atoms with van der Waals surface area (Å²) in [6.45, 7) is 6.97. The molecular weight excluding hydrogens is 296 g/mol. The number of aryl methyl sites for hydroxylation is 2. The van der Waals surface area contributed by atoms with E-state index in [2.05, 4.69) is 20.0 Å². The lowest BCUT2D eigenvalue weighted by Crippen LogP contribution is -2.41. The van der Waals surface area contributed by atoms with E-state index in [9.17, 15) is 8.42 Å². The second kappa shape index (κ2) is 5.23. The van der Waals surface area contributed by atoms with E-state index in [1.165, 1.54) is 0 Å². The van der Waals surface area contributed by atoms with Gasteiger partial charge in [-0.25, -0.2) is 13.1 Å². The van der Waals surface area contributed by atoms with Gasteiger partial charge in [-0.3, -0.25) is 0 Å². The van der Waals surface area contributed by atoms with Crippen LogP contribution in [0.2, 0.25) is 0 Å². The van der Waals surface area contributed by atoms with Gasteiger partial charge in [0, 0.05) is 5.56 Å². The van der Waals surface area contributed by atoms with Crippen molar-refractivity contribution in [1.82, 2.24) is 20.0 Å². The van der Waals surface area contributed by atoms with Gasteiger partial charge in [-0.15, -0.1) is 0 Å². The normalized spacial score (nSPS) is 12.8. The predicted octanol–water partition coefficient (Wildman–Crippen LogP) is 1.05. The van der Waals surface area contributed by atoms with Gasteiger partial charge in [-0.1, -0.05) is 10.3 Å². The number of nitrogens with zero attached hydrogens (tertiary/aromatic N) is 3. The van der Waals surface area contributed by atoms with Crippen LogP contribution in [0.15, 0.2) is 9.05 Å². The fraction of sp³-hybridized carbons (Fsp3) is 0.583.